The molecule has 8 nitrogen and oxygen atoms in total. The molecular weight excluding hydrogens is 522 g/mol. The lowest BCUT2D eigenvalue weighted by Gasteiger charge is -2.35. The number of sulfone groups is 1. The summed E-state index contributed by atoms with van der Waals surface area (Å²) in [6, 6.07) is 10.6. The molecule has 2 aromatic carbocycles. The summed E-state index contributed by atoms with van der Waals surface area (Å²) in [5, 5.41) is 0.546. The predicted octanol–water partition coefficient (Wildman–Crippen LogP) is 4.21. The average Bonchev–Trinajstić information content (AvgIpc) is 3.20. The average molecular weight is 547 g/mol. The summed E-state index contributed by atoms with van der Waals surface area (Å²) in [5.74, 6) is -0.391. The molecule has 0 spiro atoms. The molecule has 0 aromatic heterocycles. The Hall–Kier alpha value is -2.27. The molecule has 4 rings (SSSR count). The predicted molar refractivity (Wildman–Crippen MR) is 129 cm³/mol. The number of cyclic esters (lactones) is 1. The number of carbonyl (C=O) groups is 1. The number of carbonyl (C=O) groups excluding carboxylic acids is 1. The Kier molecular flexibility index (Phi) is 8.26. The van der Waals surface area contributed by atoms with Gasteiger partial charge in [0.15, 0.2) is 21.9 Å². The number of likely N-dealkylation sites (tertiary alicyclic amines) is 1. The van der Waals surface area contributed by atoms with Crippen molar-refractivity contribution in [3.63, 3.8) is 0 Å². The first-order chi connectivity index (χ1) is 16.7. The van der Waals surface area contributed by atoms with Gasteiger partial charge in [-0.15, -0.1) is 0 Å². The van der Waals surface area contributed by atoms with Crippen LogP contribution in [-0.4, -0.2) is 74.5 Å². The van der Waals surface area contributed by atoms with E-state index in [0.717, 1.165) is 0 Å². The molecule has 2 heterocycles. The van der Waals surface area contributed by atoms with Crippen LogP contribution in [0.4, 0.5) is 9.18 Å². The van der Waals surface area contributed by atoms with Crippen molar-refractivity contribution < 1.29 is 31.8 Å². The number of halogens is 3. The fraction of sp³-hybridized carbons (Fsp3) is 0.435. The Morgan fingerprint density at radius 1 is 1.03 bits per heavy atom. The van der Waals surface area contributed by atoms with E-state index in [9.17, 15) is 17.6 Å². The Balaban J connectivity index is 1.21. The minimum atomic E-state index is -3.47. The lowest BCUT2D eigenvalue weighted by molar-refractivity contribution is 0.0984. The first-order valence-electron chi connectivity index (χ1n) is 11.0. The fourth-order valence-corrected chi connectivity index (χ4v) is 5.49. The molecule has 0 bridgehead atoms. The SMILES string of the molecule is O=C1OC(COc2ccc(Cl)c(F)c2)CN1C1CCN(CS(=O)(=O)COc2ccc(Cl)cc2)CC1. The molecule has 190 valence electrons. The van der Waals surface area contributed by atoms with E-state index in [0.29, 0.717) is 49.0 Å². The first kappa shape index (κ1) is 25.8. The van der Waals surface area contributed by atoms with Gasteiger partial charge in [-0.25, -0.2) is 17.6 Å². The van der Waals surface area contributed by atoms with Crippen LogP contribution in [0.3, 0.4) is 0 Å². The van der Waals surface area contributed by atoms with Gasteiger partial charge in [0.25, 0.3) is 0 Å². The van der Waals surface area contributed by atoms with Crippen molar-refractivity contribution in [1.29, 1.82) is 0 Å². The van der Waals surface area contributed by atoms with Gasteiger partial charge in [0.1, 0.15) is 29.8 Å². The minimum Gasteiger partial charge on any atom is -0.490 e. The number of rotatable bonds is 9. The third-order valence-corrected chi connectivity index (χ3v) is 7.62. The number of hydrogen-bond donors (Lipinski definition) is 0. The molecule has 35 heavy (non-hydrogen) atoms. The van der Waals surface area contributed by atoms with Gasteiger partial charge in [0, 0.05) is 30.2 Å². The Morgan fingerprint density at radius 3 is 2.40 bits per heavy atom. The van der Waals surface area contributed by atoms with E-state index in [4.69, 9.17) is 37.4 Å². The second kappa shape index (κ2) is 11.2. The van der Waals surface area contributed by atoms with Gasteiger partial charge >= 0.3 is 6.09 Å². The van der Waals surface area contributed by atoms with Crippen molar-refractivity contribution in [2.45, 2.75) is 25.0 Å². The molecule has 2 aliphatic rings. The van der Waals surface area contributed by atoms with Crippen LogP contribution in [0.5, 0.6) is 11.5 Å². The largest absolute Gasteiger partial charge is 0.490 e. The zero-order valence-corrected chi connectivity index (χ0v) is 21.1. The van der Waals surface area contributed by atoms with Crippen molar-refractivity contribution in [3.8, 4) is 11.5 Å². The summed E-state index contributed by atoms with van der Waals surface area (Å²) in [7, 11) is -3.47. The van der Waals surface area contributed by atoms with Crippen molar-refractivity contribution in [2.75, 3.05) is 38.1 Å². The summed E-state index contributed by atoms with van der Waals surface area (Å²) in [6.45, 7) is 1.50. The number of benzene rings is 2. The highest BCUT2D eigenvalue weighted by Gasteiger charge is 2.38. The third-order valence-electron chi connectivity index (χ3n) is 5.83. The summed E-state index contributed by atoms with van der Waals surface area (Å²) in [5.41, 5.74) is 0. The van der Waals surface area contributed by atoms with Crippen molar-refractivity contribution in [3.05, 3.63) is 58.3 Å². The molecule has 0 radical (unpaired) electrons. The lowest BCUT2D eigenvalue weighted by atomic mass is 10.0. The Labute approximate surface area is 213 Å². The number of amides is 1. The van der Waals surface area contributed by atoms with Crippen LogP contribution < -0.4 is 9.47 Å². The molecule has 2 aromatic rings. The molecule has 1 atom stereocenters. The topological polar surface area (TPSA) is 85.4 Å². The van der Waals surface area contributed by atoms with Gasteiger partial charge in [-0.3, -0.25) is 4.90 Å². The molecule has 2 aliphatic heterocycles. The fourth-order valence-electron chi connectivity index (χ4n) is 4.05. The molecule has 0 N–H and O–H groups in total. The maximum absolute atomic E-state index is 13.6. The highest BCUT2D eigenvalue weighted by molar-refractivity contribution is 7.91. The molecule has 1 amide bonds. The zero-order chi connectivity index (χ0) is 25.0. The monoisotopic (exact) mass is 546 g/mol. The van der Waals surface area contributed by atoms with Gasteiger partial charge < -0.3 is 19.1 Å². The van der Waals surface area contributed by atoms with E-state index >= 15 is 0 Å². The molecule has 2 fully saturated rings. The van der Waals surface area contributed by atoms with Crippen molar-refractivity contribution >= 4 is 39.1 Å². The van der Waals surface area contributed by atoms with Gasteiger partial charge in [-0.1, -0.05) is 23.2 Å². The second-order valence-corrected chi connectivity index (χ2v) is 11.3. The van der Waals surface area contributed by atoms with Gasteiger partial charge in [0.05, 0.1) is 11.6 Å². The summed E-state index contributed by atoms with van der Waals surface area (Å²) < 4.78 is 54.8. The van der Waals surface area contributed by atoms with E-state index in [1.807, 2.05) is 4.90 Å². The highest BCUT2D eigenvalue weighted by atomic mass is 35.5. The molecule has 2 saturated heterocycles. The second-order valence-electron chi connectivity index (χ2n) is 8.48. The quantitative estimate of drug-likeness (QED) is 0.465. The zero-order valence-electron chi connectivity index (χ0n) is 18.7. The molecule has 1 unspecified atom stereocenters. The lowest BCUT2D eigenvalue weighted by Crippen LogP contribution is -2.47. The molecule has 12 heteroatoms. The van der Waals surface area contributed by atoms with Gasteiger partial charge in [-0.05, 0) is 49.2 Å². The van der Waals surface area contributed by atoms with Gasteiger partial charge in [-0.2, -0.15) is 0 Å². The van der Waals surface area contributed by atoms with Crippen LogP contribution in [0.25, 0.3) is 0 Å². The maximum Gasteiger partial charge on any atom is 0.410 e. The van der Waals surface area contributed by atoms with Crippen LogP contribution >= 0.6 is 23.2 Å². The number of piperidine rings is 1. The van der Waals surface area contributed by atoms with Crippen LogP contribution in [-0.2, 0) is 14.6 Å². The Bertz CT molecular complexity index is 1140. The molecule has 0 aliphatic carbocycles. The van der Waals surface area contributed by atoms with Crippen molar-refractivity contribution in [2.24, 2.45) is 0 Å². The molecule has 0 saturated carbocycles. The number of hydrogen-bond acceptors (Lipinski definition) is 7. The maximum atomic E-state index is 13.6. The minimum absolute atomic E-state index is 0.00374. The van der Waals surface area contributed by atoms with E-state index in [1.54, 1.807) is 35.2 Å². The highest BCUT2D eigenvalue weighted by Crippen LogP contribution is 2.25. The molecular formula is C23H25Cl2FN2O6S. The Morgan fingerprint density at radius 2 is 1.71 bits per heavy atom. The van der Waals surface area contributed by atoms with E-state index in [-0.39, 0.29) is 23.5 Å². The normalized spacial score (nSPS) is 19.6. The summed E-state index contributed by atoms with van der Waals surface area (Å²) in [6.07, 6.45) is 0.338. The van der Waals surface area contributed by atoms with Gasteiger partial charge in [0.2, 0.25) is 0 Å². The van der Waals surface area contributed by atoms with Crippen LogP contribution in [0.1, 0.15) is 12.8 Å². The van der Waals surface area contributed by atoms with Crippen molar-refractivity contribution in [1.82, 2.24) is 9.80 Å². The van der Waals surface area contributed by atoms with Crippen LogP contribution in [0, 0.1) is 5.82 Å². The van der Waals surface area contributed by atoms with E-state index < -0.39 is 33.8 Å². The standard InChI is InChI=1S/C23H25Cl2FN2O6S/c24-16-1-3-18(4-2-16)33-15-35(30,31)14-27-9-7-17(8-10-27)28-12-20(34-23(28)29)13-32-19-5-6-21(25)22(26)11-19/h1-6,11,17,20H,7-10,12-15H2. The summed E-state index contributed by atoms with van der Waals surface area (Å²) in [4.78, 5) is 15.9. The van der Waals surface area contributed by atoms with Crippen LogP contribution in [0.15, 0.2) is 42.5 Å². The van der Waals surface area contributed by atoms with Crippen LogP contribution in [0.2, 0.25) is 10.0 Å². The summed E-state index contributed by atoms with van der Waals surface area (Å²) >= 11 is 11.5. The van der Waals surface area contributed by atoms with E-state index in [1.165, 1.54) is 12.1 Å². The van der Waals surface area contributed by atoms with E-state index in [2.05, 4.69) is 0 Å². The number of nitrogens with zero attached hydrogens (tertiary/aromatic N) is 2. The number of ether oxygens (including phenoxy) is 3. The smallest absolute Gasteiger partial charge is 0.410 e. The third kappa shape index (κ3) is 7.13. The first-order valence-corrected chi connectivity index (χ1v) is 13.6.